The third-order valence-corrected chi connectivity index (χ3v) is 4.09. The standard InChI is InChI=1S/C15H21N3O2/c19-14(10-13-4-1-2-7-17-13)18-8-9-20-15(12-18)5-3-6-16-11-15/h1-2,4,7,16H,3,5-6,8-12H2. The Kier molecular flexibility index (Phi) is 3.98. The van der Waals surface area contributed by atoms with Gasteiger partial charge >= 0.3 is 0 Å². The van der Waals surface area contributed by atoms with Crippen molar-refractivity contribution in [1.82, 2.24) is 15.2 Å². The Morgan fingerprint density at radius 3 is 3.20 bits per heavy atom. The molecule has 3 heterocycles. The molecule has 1 N–H and O–H groups in total. The number of ether oxygens (including phenoxy) is 1. The van der Waals surface area contributed by atoms with Crippen LogP contribution in [-0.4, -0.2) is 54.2 Å². The van der Waals surface area contributed by atoms with Crippen LogP contribution in [0.2, 0.25) is 0 Å². The average Bonchev–Trinajstić information content (AvgIpc) is 2.49. The Labute approximate surface area is 119 Å². The molecule has 5 nitrogen and oxygen atoms in total. The van der Waals surface area contributed by atoms with Gasteiger partial charge in [-0.1, -0.05) is 6.07 Å². The summed E-state index contributed by atoms with van der Waals surface area (Å²) in [6.45, 7) is 3.92. The van der Waals surface area contributed by atoms with E-state index < -0.39 is 0 Å². The van der Waals surface area contributed by atoms with Gasteiger partial charge in [-0.25, -0.2) is 0 Å². The summed E-state index contributed by atoms with van der Waals surface area (Å²) in [5.41, 5.74) is 0.663. The summed E-state index contributed by atoms with van der Waals surface area (Å²) in [6.07, 6.45) is 4.26. The van der Waals surface area contributed by atoms with E-state index in [1.54, 1.807) is 6.20 Å². The zero-order valence-corrected chi connectivity index (χ0v) is 11.7. The number of hydrogen-bond donors (Lipinski definition) is 1. The maximum absolute atomic E-state index is 12.4. The number of carbonyl (C=O) groups is 1. The average molecular weight is 275 g/mol. The quantitative estimate of drug-likeness (QED) is 0.859. The molecule has 0 aliphatic carbocycles. The van der Waals surface area contributed by atoms with Gasteiger partial charge in [0.15, 0.2) is 0 Å². The van der Waals surface area contributed by atoms with Crippen LogP contribution in [-0.2, 0) is 16.0 Å². The molecule has 20 heavy (non-hydrogen) atoms. The third-order valence-electron chi connectivity index (χ3n) is 4.09. The zero-order chi connectivity index (χ0) is 13.8. The van der Waals surface area contributed by atoms with Crippen LogP contribution in [0, 0.1) is 0 Å². The highest BCUT2D eigenvalue weighted by Gasteiger charge is 2.39. The van der Waals surface area contributed by atoms with Gasteiger partial charge < -0.3 is 15.0 Å². The van der Waals surface area contributed by atoms with E-state index in [9.17, 15) is 4.79 Å². The maximum atomic E-state index is 12.4. The lowest BCUT2D eigenvalue weighted by atomic mass is 9.92. The smallest absolute Gasteiger partial charge is 0.228 e. The number of morpholine rings is 1. The molecular weight excluding hydrogens is 254 g/mol. The van der Waals surface area contributed by atoms with Crippen LogP contribution < -0.4 is 5.32 Å². The Balaban J connectivity index is 1.63. The van der Waals surface area contributed by atoms with Crippen molar-refractivity contribution < 1.29 is 9.53 Å². The van der Waals surface area contributed by atoms with Crippen LogP contribution in [0.5, 0.6) is 0 Å². The fourth-order valence-electron chi connectivity index (χ4n) is 3.03. The zero-order valence-electron chi connectivity index (χ0n) is 11.7. The van der Waals surface area contributed by atoms with E-state index >= 15 is 0 Å². The second-order valence-corrected chi connectivity index (χ2v) is 5.62. The molecular formula is C15H21N3O2. The fourth-order valence-corrected chi connectivity index (χ4v) is 3.03. The van der Waals surface area contributed by atoms with E-state index in [1.807, 2.05) is 23.1 Å². The molecule has 0 bridgehead atoms. The Morgan fingerprint density at radius 1 is 1.50 bits per heavy atom. The SMILES string of the molecule is O=C(Cc1ccccn1)N1CCOC2(CCCNC2)C1. The highest BCUT2D eigenvalue weighted by atomic mass is 16.5. The molecule has 0 saturated carbocycles. The first-order valence-electron chi connectivity index (χ1n) is 7.30. The van der Waals surface area contributed by atoms with Crippen molar-refractivity contribution >= 4 is 5.91 Å². The molecule has 2 saturated heterocycles. The summed E-state index contributed by atoms with van der Waals surface area (Å²) < 4.78 is 5.97. The van der Waals surface area contributed by atoms with Gasteiger partial charge in [0.25, 0.3) is 0 Å². The molecule has 1 atom stereocenters. The van der Waals surface area contributed by atoms with Crippen LogP contribution in [0.1, 0.15) is 18.5 Å². The molecule has 1 aromatic heterocycles. The number of aromatic nitrogens is 1. The van der Waals surface area contributed by atoms with Gasteiger partial charge in [-0.05, 0) is 31.5 Å². The minimum absolute atomic E-state index is 0.150. The monoisotopic (exact) mass is 275 g/mol. The number of carbonyl (C=O) groups excluding carboxylic acids is 1. The molecule has 2 fully saturated rings. The van der Waals surface area contributed by atoms with Crippen molar-refractivity contribution in [2.75, 3.05) is 32.8 Å². The van der Waals surface area contributed by atoms with Crippen LogP contribution in [0.15, 0.2) is 24.4 Å². The molecule has 1 amide bonds. The van der Waals surface area contributed by atoms with E-state index in [2.05, 4.69) is 10.3 Å². The van der Waals surface area contributed by atoms with E-state index in [4.69, 9.17) is 4.74 Å². The predicted octanol–water partition coefficient (Wildman–Crippen LogP) is 0.605. The summed E-state index contributed by atoms with van der Waals surface area (Å²) in [5.74, 6) is 0.150. The summed E-state index contributed by atoms with van der Waals surface area (Å²) in [5, 5.41) is 3.38. The minimum atomic E-state index is -0.170. The van der Waals surface area contributed by atoms with E-state index in [1.165, 1.54) is 0 Å². The second kappa shape index (κ2) is 5.89. The van der Waals surface area contributed by atoms with Gasteiger partial charge in [-0.15, -0.1) is 0 Å². The largest absolute Gasteiger partial charge is 0.370 e. The summed E-state index contributed by atoms with van der Waals surface area (Å²) in [6, 6.07) is 5.68. The lowest BCUT2D eigenvalue weighted by Crippen LogP contribution is -2.60. The van der Waals surface area contributed by atoms with Gasteiger partial charge in [0.1, 0.15) is 0 Å². The molecule has 0 aromatic carbocycles. The molecule has 0 radical (unpaired) electrons. The van der Waals surface area contributed by atoms with Crippen LogP contribution in [0.3, 0.4) is 0 Å². The summed E-state index contributed by atoms with van der Waals surface area (Å²) >= 11 is 0. The lowest BCUT2D eigenvalue weighted by molar-refractivity contribution is -0.152. The van der Waals surface area contributed by atoms with Gasteiger partial charge in [-0.3, -0.25) is 9.78 Å². The lowest BCUT2D eigenvalue weighted by Gasteiger charge is -2.45. The maximum Gasteiger partial charge on any atom is 0.228 e. The topological polar surface area (TPSA) is 54.5 Å². The Bertz CT molecular complexity index is 452. The third kappa shape index (κ3) is 2.99. The molecule has 1 unspecified atom stereocenters. The predicted molar refractivity (Wildman–Crippen MR) is 75.3 cm³/mol. The Morgan fingerprint density at radius 2 is 2.45 bits per heavy atom. The fraction of sp³-hybridized carbons (Fsp3) is 0.600. The highest BCUT2D eigenvalue weighted by molar-refractivity contribution is 5.78. The molecule has 1 aromatic rings. The molecule has 108 valence electrons. The van der Waals surface area contributed by atoms with Crippen LogP contribution in [0.25, 0.3) is 0 Å². The number of nitrogens with zero attached hydrogens (tertiary/aromatic N) is 2. The van der Waals surface area contributed by atoms with Crippen molar-refractivity contribution in [2.45, 2.75) is 24.9 Å². The van der Waals surface area contributed by atoms with Crippen LogP contribution in [0.4, 0.5) is 0 Å². The first kappa shape index (κ1) is 13.5. The molecule has 3 rings (SSSR count). The number of rotatable bonds is 2. The van der Waals surface area contributed by atoms with E-state index in [0.717, 1.165) is 31.6 Å². The minimum Gasteiger partial charge on any atom is -0.370 e. The molecule has 2 aliphatic heterocycles. The van der Waals surface area contributed by atoms with Crippen molar-refractivity contribution in [3.63, 3.8) is 0 Å². The van der Waals surface area contributed by atoms with E-state index in [0.29, 0.717) is 26.1 Å². The van der Waals surface area contributed by atoms with Crippen molar-refractivity contribution in [1.29, 1.82) is 0 Å². The normalized spacial score (nSPS) is 26.7. The van der Waals surface area contributed by atoms with E-state index in [-0.39, 0.29) is 11.5 Å². The van der Waals surface area contributed by atoms with Crippen molar-refractivity contribution in [3.05, 3.63) is 30.1 Å². The van der Waals surface area contributed by atoms with Gasteiger partial charge in [0.2, 0.25) is 5.91 Å². The highest BCUT2D eigenvalue weighted by Crippen LogP contribution is 2.25. The summed E-state index contributed by atoms with van der Waals surface area (Å²) in [4.78, 5) is 18.6. The molecule has 5 heteroatoms. The molecule has 1 spiro atoms. The first-order chi connectivity index (χ1) is 9.77. The van der Waals surface area contributed by atoms with Gasteiger partial charge in [-0.2, -0.15) is 0 Å². The van der Waals surface area contributed by atoms with Crippen molar-refractivity contribution in [3.8, 4) is 0 Å². The number of nitrogens with one attached hydrogen (secondary N) is 1. The van der Waals surface area contributed by atoms with Gasteiger partial charge in [0.05, 0.1) is 25.2 Å². The first-order valence-corrected chi connectivity index (χ1v) is 7.30. The number of pyridine rings is 1. The number of hydrogen-bond acceptors (Lipinski definition) is 4. The Hall–Kier alpha value is -1.46. The van der Waals surface area contributed by atoms with Gasteiger partial charge in [0, 0.05) is 25.0 Å². The number of piperidine rings is 1. The second-order valence-electron chi connectivity index (χ2n) is 5.62. The molecule has 2 aliphatic rings. The van der Waals surface area contributed by atoms with Crippen LogP contribution >= 0.6 is 0 Å². The van der Waals surface area contributed by atoms with Crippen molar-refractivity contribution in [2.24, 2.45) is 0 Å². The number of amides is 1. The summed E-state index contributed by atoms with van der Waals surface area (Å²) in [7, 11) is 0.